The third-order valence-corrected chi connectivity index (χ3v) is 13.6. The van der Waals surface area contributed by atoms with Crippen molar-refractivity contribution in [3.63, 3.8) is 0 Å². The topological polar surface area (TPSA) is 17.0 Å². The predicted octanol–water partition coefficient (Wildman–Crippen LogP) is 6.83. The zero-order valence-electron chi connectivity index (χ0n) is 23.2. The normalized spacial score (nSPS) is 13.5. The summed E-state index contributed by atoms with van der Waals surface area (Å²) in [6.45, 7) is 4.43. The number of aryl methyl sites for hydroxylation is 2. The molecular weight excluding hydrogens is 513 g/mol. The van der Waals surface area contributed by atoms with Crippen molar-refractivity contribution < 1.29 is 0 Å². The Hall–Kier alpha value is -4.86. The summed E-state index contributed by atoms with van der Waals surface area (Å²) >= 11 is 0. The minimum atomic E-state index is -2.70. The second kappa shape index (κ2) is 9.08. The Labute approximate surface area is 241 Å². The van der Waals surface area contributed by atoms with Gasteiger partial charge in [-0.15, -0.1) is 0 Å². The van der Waals surface area contributed by atoms with Gasteiger partial charge in [-0.05, 0) is 71.0 Å². The third-order valence-electron chi connectivity index (χ3n) is 8.76. The van der Waals surface area contributed by atoms with Gasteiger partial charge < -0.3 is 9.88 Å². The average Bonchev–Trinajstić information content (AvgIpc) is 3.35. The number of hydrogen-bond acceptors (Lipinski definition) is 1. The van der Waals surface area contributed by atoms with Gasteiger partial charge in [0.1, 0.15) is 0 Å². The number of fused-ring (bicyclic) bond motifs is 5. The largest absolute Gasteiger partial charge is 0.356 e. The minimum absolute atomic E-state index is 1.18. The highest BCUT2D eigenvalue weighted by Gasteiger charge is 2.47. The van der Waals surface area contributed by atoms with Crippen molar-refractivity contribution in [2.45, 2.75) is 13.8 Å². The van der Waals surface area contributed by atoms with Crippen LogP contribution in [0, 0.1) is 13.8 Å². The number of para-hydroxylation sites is 2. The molecule has 1 N–H and O–H groups in total. The van der Waals surface area contributed by atoms with Crippen LogP contribution < -0.4 is 26.1 Å². The molecule has 0 bridgehead atoms. The Bertz CT molecular complexity index is 2040. The van der Waals surface area contributed by atoms with Crippen molar-refractivity contribution in [2.24, 2.45) is 0 Å². The van der Waals surface area contributed by atoms with Gasteiger partial charge in [0.05, 0.1) is 11.0 Å². The van der Waals surface area contributed by atoms with Crippen LogP contribution in [0.5, 0.6) is 0 Å². The highest BCUT2D eigenvalue weighted by Crippen LogP contribution is 2.33. The highest BCUT2D eigenvalue weighted by atomic mass is 28.3. The molecule has 196 valence electrons. The lowest BCUT2D eigenvalue weighted by Gasteiger charge is -2.41. The molecule has 8 rings (SSSR count). The van der Waals surface area contributed by atoms with E-state index in [2.05, 4.69) is 163 Å². The molecule has 0 fully saturated rings. The van der Waals surface area contributed by atoms with E-state index in [0.717, 1.165) is 0 Å². The second-order valence-corrected chi connectivity index (χ2v) is 15.0. The molecule has 6 aromatic carbocycles. The molecule has 0 amide bonds. The molecule has 3 heteroatoms. The molecule has 0 spiro atoms. The van der Waals surface area contributed by atoms with Crippen LogP contribution in [-0.2, 0) is 0 Å². The highest BCUT2D eigenvalue weighted by molar-refractivity contribution is 7.21. The number of hydrogen-bond donors (Lipinski definition) is 1. The molecule has 1 aromatic heterocycles. The monoisotopic (exact) mass is 542 g/mol. The van der Waals surface area contributed by atoms with E-state index in [1.165, 1.54) is 70.7 Å². The lowest BCUT2D eigenvalue weighted by molar-refractivity contribution is 1.18. The fourth-order valence-corrected chi connectivity index (χ4v) is 12.2. The van der Waals surface area contributed by atoms with Gasteiger partial charge in [0.25, 0.3) is 0 Å². The molecule has 0 saturated carbocycles. The molecule has 41 heavy (non-hydrogen) atoms. The van der Waals surface area contributed by atoms with Gasteiger partial charge in [-0.25, -0.2) is 0 Å². The number of benzene rings is 6. The van der Waals surface area contributed by atoms with Gasteiger partial charge >= 0.3 is 0 Å². The van der Waals surface area contributed by atoms with Crippen molar-refractivity contribution in [2.75, 3.05) is 5.32 Å². The Morgan fingerprint density at radius 2 is 1.07 bits per heavy atom. The number of aromatic nitrogens is 1. The van der Waals surface area contributed by atoms with Crippen LogP contribution in [0.25, 0.3) is 27.5 Å². The van der Waals surface area contributed by atoms with Gasteiger partial charge in [0.2, 0.25) is 0 Å². The predicted molar refractivity (Wildman–Crippen MR) is 177 cm³/mol. The molecule has 2 heterocycles. The van der Waals surface area contributed by atoms with Crippen LogP contribution in [0.3, 0.4) is 0 Å². The number of rotatable bonds is 3. The van der Waals surface area contributed by atoms with Crippen molar-refractivity contribution >= 4 is 62.0 Å². The Morgan fingerprint density at radius 1 is 0.488 bits per heavy atom. The summed E-state index contributed by atoms with van der Waals surface area (Å²) in [4.78, 5) is 0. The van der Waals surface area contributed by atoms with Crippen molar-refractivity contribution in [1.82, 2.24) is 4.57 Å². The smallest absolute Gasteiger partial charge is 0.184 e. The summed E-state index contributed by atoms with van der Waals surface area (Å²) in [7, 11) is -2.70. The fraction of sp³-hybridized carbons (Fsp3) is 0.0526. The zero-order valence-corrected chi connectivity index (χ0v) is 24.2. The SMILES string of the molecule is Cc1ccc2c(c1)[Si](c1ccccc1)(c1ccc3c4ccccc4n(-c4ccccc4)c3c1)c1cc(C)ccc1N2. The van der Waals surface area contributed by atoms with Crippen molar-refractivity contribution in [1.29, 1.82) is 0 Å². The minimum Gasteiger partial charge on any atom is -0.356 e. The van der Waals surface area contributed by atoms with Gasteiger partial charge in [-0.3, -0.25) is 0 Å². The lowest BCUT2D eigenvalue weighted by Crippen LogP contribution is -2.76. The Kier molecular flexibility index (Phi) is 5.31. The number of nitrogens with one attached hydrogen (secondary N) is 1. The van der Waals surface area contributed by atoms with Gasteiger partial charge in [0.15, 0.2) is 8.07 Å². The molecule has 7 aromatic rings. The first-order chi connectivity index (χ1) is 20.1. The number of anilines is 2. The molecule has 0 radical (unpaired) electrons. The quantitative estimate of drug-likeness (QED) is 0.242. The van der Waals surface area contributed by atoms with Crippen LogP contribution in [0.15, 0.2) is 140 Å². The van der Waals surface area contributed by atoms with Crippen molar-refractivity contribution in [3.05, 3.63) is 151 Å². The van der Waals surface area contributed by atoms with E-state index < -0.39 is 8.07 Å². The summed E-state index contributed by atoms with van der Waals surface area (Å²) in [6.07, 6.45) is 0. The summed E-state index contributed by atoms with van der Waals surface area (Å²) in [5.41, 5.74) is 8.67. The van der Waals surface area contributed by atoms with Crippen LogP contribution >= 0.6 is 0 Å². The maximum atomic E-state index is 3.81. The van der Waals surface area contributed by atoms with Crippen LogP contribution in [0.4, 0.5) is 11.4 Å². The standard InChI is InChI=1S/C38H30N2Si/c1-26-17-21-33-37(23-26)41(29-13-7-4-8-14-29,38-24-27(2)18-22-34(38)39-33)30-19-20-32-31-15-9-10-16-35(31)40(36(32)25-30)28-11-5-3-6-12-28/h3-25,39H,1-2H3. The van der Waals surface area contributed by atoms with Crippen LogP contribution in [-0.4, -0.2) is 12.6 Å². The van der Waals surface area contributed by atoms with E-state index in [4.69, 9.17) is 0 Å². The molecule has 2 nitrogen and oxygen atoms in total. The van der Waals surface area contributed by atoms with E-state index in [9.17, 15) is 0 Å². The summed E-state index contributed by atoms with van der Waals surface area (Å²) in [5.74, 6) is 0. The molecule has 0 saturated heterocycles. The number of nitrogens with zero attached hydrogens (tertiary/aromatic N) is 1. The van der Waals surface area contributed by atoms with E-state index in [-0.39, 0.29) is 0 Å². The first-order valence-electron chi connectivity index (χ1n) is 14.3. The molecule has 0 aliphatic carbocycles. The van der Waals surface area contributed by atoms with Crippen molar-refractivity contribution in [3.8, 4) is 5.69 Å². The summed E-state index contributed by atoms with van der Waals surface area (Å²) in [6, 6.07) is 52.0. The zero-order chi connectivity index (χ0) is 27.6. The van der Waals surface area contributed by atoms with E-state index in [1.807, 2.05) is 0 Å². The summed E-state index contributed by atoms with van der Waals surface area (Å²) in [5, 5.41) is 12.0. The maximum Gasteiger partial charge on any atom is 0.184 e. The molecule has 0 atom stereocenters. The van der Waals surface area contributed by atoms with Gasteiger partial charge in [-0.1, -0.05) is 114 Å². The summed E-state index contributed by atoms with van der Waals surface area (Å²) < 4.78 is 2.44. The van der Waals surface area contributed by atoms with Crippen LogP contribution in [0.1, 0.15) is 11.1 Å². The van der Waals surface area contributed by atoms with E-state index in [1.54, 1.807) is 0 Å². The molecule has 1 aliphatic heterocycles. The average molecular weight is 543 g/mol. The molecule has 1 aliphatic rings. The van der Waals surface area contributed by atoms with Gasteiger partial charge in [0, 0.05) is 27.8 Å². The van der Waals surface area contributed by atoms with E-state index in [0.29, 0.717) is 0 Å². The van der Waals surface area contributed by atoms with Crippen LogP contribution in [0.2, 0.25) is 0 Å². The molecular formula is C38H30N2Si. The Morgan fingerprint density at radius 3 is 1.76 bits per heavy atom. The first kappa shape index (κ1) is 24.0. The lowest BCUT2D eigenvalue weighted by atomic mass is 10.1. The first-order valence-corrected chi connectivity index (χ1v) is 16.3. The molecule has 0 unspecified atom stereocenters. The third kappa shape index (κ3) is 3.49. The fourth-order valence-electron chi connectivity index (χ4n) is 6.98. The van der Waals surface area contributed by atoms with E-state index >= 15 is 0 Å². The van der Waals surface area contributed by atoms with Gasteiger partial charge in [-0.2, -0.15) is 0 Å². The second-order valence-electron chi connectivity index (χ2n) is 11.3. The Balaban J connectivity index is 1.55. The maximum absolute atomic E-state index is 3.81.